The van der Waals surface area contributed by atoms with Crippen LogP contribution in [0.2, 0.25) is 0 Å². The monoisotopic (exact) mass is 368 g/mol. The molecule has 3 aromatic rings. The number of carbonyl (C=O) groups excluding carboxylic acids is 1. The fraction of sp³-hybridized carbons (Fsp3) is 0.350. The number of benzene rings is 1. The lowest BCUT2D eigenvalue weighted by Crippen LogP contribution is -2.14. The Kier molecular flexibility index (Phi) is 5.03. The van der Waals surface area contributed by atoms with Crippen LogP contribution < -0.4 is 10.1 Å². The number of nitrogens with zero attached hydrogens (tertiary/aromatic N) is 2. The van der Waals surface area contributed by atoms with Crippen LogP contribution in [0.25, 0.3) is 0 Å². The summed E-state index contributed by atoms with van der Waals surface area (Å²) in [6.07, 6.45) is 0. The molecular weight excluding hydrogens is 344 g/mol. The molecule has 27 heavy (non-hydrogen) atoms. The van der Waals surface area contributed by atoms with Gasteiger partial charge in [-0.05, 0) is 26.0 Å². The first kappa shape index (κ1) is 18.7. The van der Waals surface area contributed by atoms with Crippen LogP contribution in [0.4, 0.5) is 5.82 Å². The van der Waals surface area contributed by atoms with E-state index < -0.39 is 0 Å². The Balaban J connectivity index is 1.75. The maximum Gasteiger partial charge on any atom is 0.260 e. The Labute approximate surface area is 158 Å². The molecule has 1 aromatic carbocycles. The number of carbonyl (C=O) groups is 1. The smallest absolute Gasteiger partial charge is 0.260 e. The molecule has 0 bridgehead atoms. The molecule has 3 rings (SSSR count). The van der Waals surface area contributed by atoms with Gasteiger partial charge in [0.15, 0.2) is 5.82 Å². The zero-order valence-corrected chi connectivity index (χ0v) is 16.2. The number of aromatic amines is 1. The van der Waals surface area contributed by atoms with Crippen molar-refractivity contribution in [2.24, 2.45) is 0 Å². The minimum atomic E-state index is -0.281. The van der Waals surface area contributed by atoms with Crippen LogP contribution in [-0.4, -0.2) is 21.3 Å². The van der Waals surface area contributed by atoms with Crippen molar-refractivity contribution in [1.82, 2.24) is 15.4 Å². The maximum absolute atomic E-state index is 12.7. The third-order valence-corrected chi connectivity index (χ3v) is 4.31. The number of aromatic nitrogens is 3. The van der Waals surface area contributed by atoms with Crippen LogP contribution in [0, 0.1) is 13.8 Å². The summed E-state index contributed by atoms with van der Waals surface area (Å²) in [7, 11) is 0. The number of aryl methyl sites for hydroxylation is 2. The Morgan fingerprint density at radius 3 is 2.63 bits per heavy atom. The topological polar surface area (TPSA) is 93.0 Å². The lowest BCUT2D eigenvalue weighted by atomic mass is 9.92. The second-order valence-corrected chi connectivity index (χ2v) is 7.46. The molecule has 2 aromatic heterocycles. The largest absolute Gasteiger partial charge is 0.488 e. The summed E-state index contributed by atoms with van der Waals surface area (Å²) in [6.45, 7) is 10.2. The zero-order chi connectivity index (χ0) is 19.6. The first-order chi connectivity index (χ1) is 12.8. The van der Waals surface area contributed by atoms with Crippen molar-refractivity contribution in [2.45, 2.75) is 46.6 Å². The number of rotatable bonds is 5. The number of H-pyrrole nitrogens is 1. The van der Waals surface area contributed by atoms with Gasteiger partial charge in [-0.25, -0.2) is 0 Å². The van der Waals surface area contributed by atoms with E-state index in [0.29, 0.717) is 22.9 Å². The Bertz CT molecular complexity index is 931. The van der Waals surface area contributed by atoms with Crippen molar-refractivity contribution in [3.05, 3.63) is 58.6 Å². The first-order valence-electron chi connectivity index (χ1n) is 8.76. The fourth-order valence-corrected chi connectivity index (χ4v) is 2.59. The molecule has 2 N–H and O–H groups in total. The Morgan fingerprint density at radius 2 is 2.00 bits per heavy atom. The second-order valence-electron chi connectivity index (χ2n) is 7.46. The molecule has 2 heterocycles. The molecule has 142 valence electrons. The van der Waals surface area contributed by atoms with Gasteiger partial charge < -0.3 is 14.6 Å². The highest BCUT2D eigenvalue weighted by Gasteiger charge is 2.19. The fourth-order valence-electron chi connectivity index (χ4n) is 2.59. The molecule has 1 amide bonds. The van der Waals surface area contributed by atoms with Crippen LogP contribution in [0.5, 0.6) is 5.75 Å². The van der Waals surface area contributed by atoms with E-state index in [4.69, 9.17) is 9.26 Å². The minimum absolute atomic E-state index is 0.0780. The predicted octanol–water partition coefficient (Wildman–Crippen LogP) is 4.14. The normalized spacial score (nSPS) is 11.4. The van der Waals surface area contributed by atoms with Crippen LogP contribution >= 0.6 is 0 Å². The summed E-state index contributed by atoms with van der Waals surface area (Å²) in [5.74, 6) is 1.39. The number of ether oxygens (including phenoxy) is 1. The summed E-state index contributed by atoms with van der Waals surface area (Å²) in [5.41, 5.74) is 2.96. The number of hydrogen-bond donors (Lipinski definition) is 2. The van der Waals surface area contributed by atoms with Gasteiger partial charge in [0.05, 0.1) is 16.8 Å². The summed E-state index contributed by atoms with van der Waals surface area (Å²) in [5, 5.41) is 13.9. The molecule has 0 saturated heterocycles. The van der Waals surface area contributed by atoms with E-state index >= 15 is 0 Å². The van der Waals surface area contributed by atoms with E-state index in [1.54, 1.807) is 18.2 Å². The summed E-state index contributed by atoms with van der Waals surface area (Å²) < 4.78 is 11.0. The third kappa shape index (κ3) is 4.19. The zero-order valence-electron chi connectivity index (χ0n) is 16.2. The van der Waals surface area contributed by atoms with E-state index in [2.05, 4.69) is 41.4 Å². The van der Waals surface area contributed by atoms with Crippen molar-refractivity contribution in [3.8, 4) is 5.75 Å². The minimum Gasteiger partial charge on any atom is -0.488 e. The molecule has 7 nitrogen and oxygen atoms in total. The maximum atomic E-state index is 12.7. The Hall–Kier alpha value is -3.09. The number of hydrogen-bond acceptors (Lipinski definition) is 5. The van der Waals surface area contributed by atoms with Gasteiger partial charge in [0.1, 0.15) is 18.1 Å². The molecule has 0 radical (unpaired) electrons. The van der Waals surface area contributed by atoms with Gasteiger partial charge in [-0.2, -0.15) is 5.10 Å². The Morgan fingerprint density at radius 1 is 1.26 bits per heavy atom. The average Bonchev–Trinajstić information content (AvgIpc) is 3.20. The highest BCUT2D eigenvalue weighted by atomic mass is 16.5. The number of nitrogens with one attached hydrogen (secondary N) is 2. The highest BCUT2D eigenvalue weighted by molar-refractivity contribution is 6.05. The van der Waals surface area contributed by atoms with E-state index in [0.717, 1.165) is 17.0 Å². The number of para-hydroxylation sites is 1. The quantitative estimate of drug-likeness (QED) is 0.706. The molecule has 0 saturated carbocycles. The van der Waals surface area contributed by atoms with E-state index in [9.17, 15) is 4.79 Å². The molecule has 0 atom stereocenters. The summed E-state index contributed by atoms with van der Waals surface area (Å²) in [6, 6.07) is 8.94. The van der Waals surface area contributed by atoms with Gasteiger partial charge in [0.2, 0.25) is 0 Å². The van der Waals surface area contributed by atoms with Gasteiger partial charge in [-0.3, -0.25) is 9.89 Å². The lowest BCUT2D eigenvalue weighted by molar-refractivity contribution is 0.102. The van der Waals surface area contributed by atoms with Crippen molar-refractivity contribution in [3.63, 3.8) is 0 Å². The number of anilines is 1. The molecule has 7 heteroatoms. The van der Waals surface area contributed by atoms with Crippen molar-refractivity contribution in [1.29, 1.82) is 0 Å². The van der Waals surface area contributed by atoms with Crippen molar-refractivity contribution >= 4 is 11.7 Å². The molecular formula is C20H24N4O3. The highest BCUT2D eigenvalue weighted by Crippen LogP contribution is 2.24. The van der Waals surface area contributed by atoms with E-state index in [1.165, 1.54) is 0 Å². The van der Waals surface area contributed by atoms with Crippen LogP contribution in [0.3, 0.4) is 0 Å². The molecule has 0 aliphatic carbocycles. The SMILES string of the molecule is Cc1noc(C)c1COc1ccccc1C(=O)Nc1cc(C(C)(C)C)[nH]n1. The van der Waals surface area contributed by atoms with Gasteiger partial charge >= 0.3 is 0 Å². The average molecular weight is 368 g/mol. The van der Waals surface area contributed by atoms with Crippen molar-refractivity contribution in [2.75, 3.05) is 5.32 Å². The number of amides is 1. The van der Waals surface area contributed by atoms with Gasteiger partial charge in [0.25, 0.3) is 5.91 Å². The van der Waals surface area contributed by atoms with E-state index in [1.807, 2.05) is 26.0 Å². The molecule has 0 aliphatic rings. The summed E-state index contributed by atoms with van der Waals surface area (Å²) >= 11 is 0. The van der Waals surface area contributed by atoms with E-state index in [-0.39, 0.29) is 17.9 Å². The summed E-state index contributed by atoms with van der Waals surface area (Å²) in [4.78, 5) is 12.7. The van der Waals surface area contributed by atoms with Crippen LogP contribution in [0.15, 0.2) is 34.9 Å². The predicted molar refractivity (Wildman–Crippen MR) is 102 cm³/mol. The lowest BCUT2D eigenvalue weighted by Gasteiger charge is -2.14. The molecule has 0 fully saturated rings. The van der Waals surface area contributed by atoms with Gasteiger partial charge in [0, 0.05) is 17.2 Å². The van der Waals surface area contributed by atoms with Crippen LogP contribution in [0.1, 0.15) is 53.8 Å². The van der Waals surface area contributed by atoms with Gasteiger partial charge in [-0.15, -0.1) is 0 Å². The molecule has 0 spiro atoms. The first-order valence-corrected chi connectivity index (χ1v) is 8.76. The van der Waals surface area contributed by atoms with Crippen molar-refractivity contribution < 1.29 is 14.1 Å². The molecule has 0 aliphatic heterocycles. The molecule has 0 unspecified atom stereocenters. The van der Waals surface area contributed by atoms with Gasteiger partial charge in [-0.1, -0.05) is 38.1 Å². The standard InChI is InChI=1S/C20H24N4O3/c1-12-15(13(2)27-24-12)11-26-16-9-7-6-8-14(16)19(25)21-18-10-17(22-23-18)20(3,4)5/h6-10H,11H2,1-5H3,(H2,21,22,23,25). The van der Waals surface area contributed by atoms with Crippen LogP contribution in [-0.2, 0) is 12.0 Å². The second kappa shape index (κ2) is 7.26. The third-order valence-electron chi connectivity index (χ3n) is 4.31.